The minimum Gasteiger partial charge on any atom is -0.292 e. The molecule has 0 spiro atoms. The van der Waals surface area contributed by atoms with E-state index in [1.54, 1.807) is 0 Å². The lowest BCUT2D eigenvalue weighted by molar-refractivity contribution is -0.0257. The van der Waals surface area contributed by atoms with E-state index in [2.05, 4.69) is 10.2 Å². The zero-order valence-corrected chi connectivity index (χ0v) is 8.24. The number of aromatic amines is 1. The summed E-state index contributed by atoms with van der Waals surface area (Å²) >= 11 is 0. The van der Waals surface area contributed by atoms with Gasteiger partial charge in [-0.05, 0) is 19.9 Å². The molecular formula is C10H13N3O. The summed E-state index contributed by atoms with van der Waals surface area (Å²) in [6.07, 6.45) is 0. The van der Waals surface area contributed by atoms with Gasteiger partial charge in [-0.3, -0.25) is 9.94 Å². The molecule has 3 N–H and O–H groups in total. The van der Waals surface area contributed by atoms with E-state index in [1.165, 1.54) is 0 Å². The average molecular weight is 191 g/mol. The van der Waals surface area contributed by atoms with Gasteiger partial charge in [-0.2, -0.15) is 5.10 Å². The van der Waals surface area contributed by atoms with Gasteiger partial charge in [0.05, 0.1) is 11.2 Å². The molecule has 0 amide bonds. The number of rotatable bonds is 2. The summed E-state index contributed by atoms with van der Waals surface area (Å²) in [5.74, 6) is 5.24. The van der Waals surface area contributed by atoms with Gasteiger partial charge in [0.15, 0.2) is 0 Å². The van der Waals surface area contributed by atoms with E-state index in [0.29, 0.717) is 0 Å². The molecule has 0 aliphatic heterocycles. The zero-order chi connectivity index (χ0) is 10.2. The van der Waals surface area contributed by atoms with Gasteiger partial charge in [0.25, 0.3) is 0 Å². The summed E-state index contributed by atoms with van der Waals surface area (Å²) < 4.78 is 0. The van der Waals surface area contributed by atoms with Crippen LogP contribution in [0.1, 0.15) is 19.5 Å². The Kier molecular flexibility index (Phi) is 2.02. The third kappa shape index (κ3) is 1.29. The van der Waals surface area contributed by atoms with Crippen molar-refractivity contribution in [2.75, 3.05) is 0 Å². The Morgan fingerprint density at radius 3 is 2.79 bits per heavy atom. The standard InChI is InChI=1S/C10H13N3O/c1-10(2,14-11)9-7-5-3-4-6-8(7)12-13-9/h3-6H,11H2,1-2H3,(H,12,13). The highest BCUT2D eigenvalue weighted by Crippen LogP contribution is 2.27. The average Bonchev–Trinajstić information content (AvgIpc) is 2.61. The predicted octanol–water partition coefficient (Wildman–Crippen LogP) is 1.69. The molecule has 0 unspecified atom stereocenters. The highest BCUT2D eigenvalue weighted by Gasteiger charge is 2.25. The van der Waals surface area contributed by atoms with Crippen molar-refractivity contribution in [2.24, 2.45) is 5.90 Å². The first-order valence-electron chi connectivity index (χ1n) is 4.46. The number of hydrogen-bond acceptors (Lipinski definition) is 3. The number of nitrogens with zero attached hydrogens (tertiary/aromatic N) is 1. The Labute approximate surface area is 82.0 Å². The summed E-state index contributed by atoms with van der Waals surface area (Å²) in [5, 5.41) is 8.17. The fraction of sp³-hybridized carbons (Fsp3) is 0.300. The third-order valence-electron chi connectivity index (χ3n) is 2.36. The van der Waals surface area contributed by atoms with E-state index in [-0.39, 0.29) is 0 Å². The number of aromatic nitrogens is 2. The van der Waals surface area contributed by atoms with Crippen molar-refractivity contribution in [3.05, 3.63) is 30.0 Å². The molecule has 0 fully saturated rings. The molecule has 0 saturated heterocycles. The SMILES string of the molecule is CC(C)(ON)c1[nH]nc2ccccc12. The second-order valence-electron chi connectivity index (χ2n) is 3.74. The maximum Gasteiger partial charge on any atom is 0.125 e. The van der Waals surface area contributed by atoms with Crippen molar-refractivity contribution in [1.82, 2.24) is 10.2 Å². The first-order valence-corrected chi connectivity index (χ1v) is 4.46. The third-order valence-corrected chi connectivity index (χ3v) is 2.36. The first-order chi connectivity index (χ1) is 6.65. The van der Waals surface area contributed by atoms with Gasteiger partial charge in [-0.1, -0.05) is 18.2 Å². The molecule has 0 saturated carbocycles. The highest BCUT2D eigenvalue weighted by molar-refractivity contribution is 5.81. The number of nitrogens with one attached hydrogen (secondary N) is 1. The molecule has 2 rings (SSSR count). The molecule has 74 valence electrons. The summed E-state index contributed by atoms with van der Waals surface area (Å²) in [4.78, 5) is 4.92. The predicted molar refractivity (Wildman–Crippen MR) is 54.4 cm³/mol. The molecule has 0 aliphatic carbocycles. The lowest BCUT2D eigenvalue weighted by Gasteiger charge is -2.20. The monoisotopic (exact) mass is 191 g/mol. The number of para-hydroxylation sites is 1. The van der Waals surface area contributed by atoms with Crippen LogP contribution in [0.5, 0.6) is 0 Å². The Morgan fingerprint density at radius 1 is 1.36 bits per heavy atom. The van der Waals surface area contributed by atoms with Crippen molar-refractivity contribution in [3.8, 4) is 0 Å². The van der Waals surface area contributed by atoms with E-state index < -0.39 is 5.60 Å². The maximum absolute atomic E-state index is 5.24. The van der Waals surface area contributed by atoms with Gasteiger partial charge in [-0.15, -0.1) is 0 Å². The quantitative estimate of drug-likeness (QED) is 0.710. The minimum atomic E-state index is -0.546. The van der Waals surface area contributed by atoms with Crippen molar-refractivity contribution in [2.45, 2.75) is 19.4 Å². The molecule has 14 heavy (non-hydrogen) atoms. The Bertz CT molecular complexity index is 447. The Balaban J connectivity index is 2.64. The minimum absolute atomic E-state index is 0.546. The lowest BCUT2D eigenvalue weighted by Crippen LogP contribution is -2.25. The second kappa shape index (κ2) is 3.08. The van der Waals surface area contributed by atoms with Gasteiger partial charge >= 0.3 is 0 Å². The normalized spacial score (nSPS) is 12.2. The fourth-order valence-electron chi connectivity index (χ4n) is 1.48. The largest absolute Gasteiger partial charge is 0.292 e. The van der Waals surface area contributed by atoms with Crippen LogP contribution in [-0.2, 0) is 10.4 Å². The molecule has 1 aromatic heterocycles. The van der Waals surface area contributed by atoms with Gasteiger partial charge in [0.1, 0.15) is 5.60 Å². The second-order valence-corrected chi connectivity index (χ2v) is 3.74. The summed E-state index contributed by atoms with van der Waals surface area (Å²) in [6.45, 7) is 3.79. The molecule has 2 aromatic rings. The van der Waals surface area contributed by atoms with Crippen molar-refractivity contribution in [3.63, 3.8) is 0 Å². The van der Waals surface area contributed by atoms with Crippen LogP contribution < -0.4 is 5.90 Å². The number of nitrogens with two attached hydrogens (primary N) is 1. The van der Waals surface area contributed by atoms with Crippen LogP contribution in [-0.4, -0.2) is 10.2 Å². The maximum atomic E-state index is 5.24. The first kappa shape index (κ1) is 9.18. The highest BCUT2D eigenvalue weighted by atomic mass is 16.6. The number of H-pyrrole nitrogens is 1. The Morgan fingerprint density at radius 2 is 2.07 bits per heavy atom. The molecule has 0 atom stereocenters. The van der Waals surface area contributed by atoms with Gasteiger partial charge < -0.3 is 0 Å². The summed E-state index contributed by atoms with van der Waals surface area (Å²) in [7, 11) is 0. The summed E-state index contributed by atoms with van der Waals surface area (Å²) in [5.41, 5.74) is 1.28. The van der Waals surface area contributed by atoms with E-state index in [9.17, 15) is 0 Å². The van der Waals surface area contributed by atoms with E-state index in [1.807, 2.05) is 38.1 Å². The molecule has 4 nitrogen and oxygen atoms in total. The van der Waals surface area contributed by atoms with Crippen LogP contribution in [0.3, 0.4) is 0 Å². The van der Waals surface area contributed by atoms with Crippen LogP contribution in [0.4, 0.5) is 0 Å². The van der Waals surface area contributed by atoms with Crippen molar-refractivity contribution >= 4 is 10.9 Å². The zero-order valence-electron chi connectivity index (χ0n) is 8.24. The van der Waals surface area contributed by atoms with Crippen molar-refractivity contribution in [1.29, 1.82) is 0 Å². The smallest absolute Gasteiger partial charge is 0.125 e. The molecule has 4 heteroatoms. The molecule has 1 heterocycles. The molecule has 0 radical (unpaired) electrons. The number of hydrogen-bond donors (Lipinski definition) is 2. The van der Waals surface area contributed by atoms with Crippen molar-refractivity contribution < 1.29 is 4.84 Å². The van der Waals surface area contributed by atoms with Gasteiger partial charge in [0, 0.05) is 5.39 Å². The Hall–Kier alpha value is -1.39. The molecular weight excluding hydrogens is 178 g/mol. The van der Waals surface area contributed by atoms with E-state index >= 15 is 0 Å². The number of benzene rings is 1. The van der Waals surface area contributed by atoms with Crippen LogP contribution in [0.15, 0.2) is 24.3 Å². The molecule has 0 aliphatic rings. The van der Waals surface area contributed by atoms with Crippen LogP contribution in [0, 0.1) is 0 Å². The van der Waals surface area contributed by atoms with Gasteiger partial charge in [-0.25, -0.2) is 5.90 Å². The van der Waals surface area contributed by atoms with E-state index in [4.69, 9.17) is 10.7 Å². The number of fused-ring (bicyclic) bond motifs is 1. The van der Waals surface area contributed by atoms with E-state index in [0.717, 1.165) is 16.6 Å². The lowest BCUT2D eigenvalue weighted by atomic mass is 10.0. The molecule has 0 bridgehead atoms. The van der Waals surface area contributed by atoms with Gasteiger partial charge in [0.2, 0.25) is 0 Å². The van der Waals surface area contributed by atoms with Crippen LogP contribution >= 0.6 is 0 Å². The summed E-state index contributed by atoms with van der Waals surface area (Å²) in [6, 6.07) is 7.86. The topological polar surface area (TPSA) is 63.9 Å². The fourth-order valence-corrected chi connectivity index (χ4v) is 1.48. The molecule has 1 aromatic carbocycles. The van der Waals surface area contributed by atoms with Crippen LogP contribution in [0.25, 0.3) is 10.9 Å². The van der Waals surface area contributed by atoms with Crippen LogP contribution in [0.2, 0.25) is 0 Å².